The van der Waals surface area contributed by atoms with Crippen LogP contribution in [0.3, 0.4) is 0 Å². The van der Waals surface area contributed by atoms with E-state index in [0.717, 1.165) is 4.34 Å². The summed E-state index contributed by atoms with van der Waals surface area (Å²) in [6.07, 6.45) is 1.31. The molecular formula is C6H4ClN3OS2. The maximum absolute atomic E-state index is 5.66. The number of hydrogen-bond donors (Lipinski definition) is 0. The molecule has 2 heterocycles. The molecule has 0 bridgehead atoms. The standard InChI is InChI=1S/C6H4ClN3OS2/c7-4-1-12-6(9-4)13-2-5-8-3-11-10-5/h1,3H,2H2. The molecule has 2 rings (SSSR count). The number of thioether (sulfide) groups is 1. The van der Waals surface area contributed by atoms with Gasteiger partial charge >= 0.3 is 0 Å². The van der Waals surface area contributed by atoms with Gasteiger partial charge in [0.1, 0.15) is 5.15 Å². The van der Waals surface area contributed by atoms with Gasteiger partial charge in [-0.05, 0) is 0 Å². The Morgan fingerprint density at radius 3 is 3.15 bits per heavy atom. The average Bonchev–Trinajstić information content (AvgIpc) is 2.71. The van der Waals surface area contributed by atoms with E-state index in [2.05, 4.69) is 19.6 Å². The third-order valence-electron chi connectivity index (χ3n) is 1.19. The summed E-state index contributed by atoms with van der Waals surface area (Å²) in [5.41, 5.74) is 0. The fraction of sp³-hybridized carbons (Fsp3) is 0.167. The smallest absolute Gasteiger partial charge is 0.213 e. The first-order valence-electron chi connectivity index (χ1n) is 3.33. The predicted molar refractivity (Wildman–Crippen MR) is 51.0 cm³/mol. The van der Waals surface area contributed by atoms with Crippen LogP contribution in [0.15, 0.2) is 20.6 Å². The highest BCUT2D eigenvalue weighted by Gasteiger charge is 2.03. The first-order chi connectivity index (χ1) is 6.34. The predicted octanol–water partition coefficient (Wildman–Crippen LogP) is 2.47. The second-order valence-corrected chi connectivity index (χ2v) is 4.54. The van der Waals surface area contributed by atoms with Crippen LogP contribution in [0.25, 0.3) is 0 Å². The number of hydrogen-bond acceptors (Lipinski definition) is 6. The molecule has 4 nitrogen and oxygen atoms in total. The van der Waals surface area contributed by atoms with Crippen molar-refractivity contribution in [2.24, 2.45) is 0 Å². The minimum atomic E-state index is 0.528. The molecule has 68 valence electrons. The lowest BCUT2D eigenvalue weighted by Crippen LogP contribution is -1.81. The van der Waals surface area contributed by atoms with Gasteiger partial charge in [0.25, 0.3) is 0 Å². The Bertz CT molecular complexity index is 375. The Kier molecular flexibility index (Phi) is 2.82. The molecule has 13 heavy (non-hydrogen) atoms. The summed E-state index contributed by atoms with van der Waals surface area (Å²) >= 11 is 8.70. The zero-order valence-electron chi connectivity index (χ0n) is 6.31. The number of nitrogens with zero attached hydrogens (tertiary/aromatic N) is 3. The van der Waals surface area contributed by atoms with E-state index in [1.165, 1.54) is 29.5 Å². The van der Waals surface area contributed by atoms with E-state index in [0.29, 0.717) is 16.7 Å². The molecule has 2 aromatic rings. The minimum absolute atomic E-state index is 0.528. The Hall–Kier alpha value is -0.590. The Morgan fingerprint density at radius 2 is 2.54 bits per heavy atom. The van der Waals surface area contributed by atoms with Crippen LogP contribution in [0, 0.1) is 0 Å². The van der Waals surface area contributed by atoms with Crippen LogP contribution < -0.4 is 0 Å². The highest BCUT2D eigenvalue weighted by atomic mass is 35.5. The summed E-state index contributed by atoms with van der Waals surface area (Å²) in [7, 11) is 0. The van der Waals surface area contributed by atoms with Gasteiger partial charge in [0.15, 0.2) is 10.2 Å². The van der Waals surface area contributed by atoms with E-state index >= 15 is 0 Å². The molecule has 0 amide bonds. The molecule has 0 saturated carbocycles. The Morgan fingerprint density at radius 1 is 1.62 bits per heavy atom. The summed E-state index contributed by atoms with van der Waals surface area (Å²) in [4.78, 5) is 7.95. The maximum Gasteiger partial charge on any atom is 0.213 e. The van der Waals surface area contributed by atoms with E-state index in [1.54, 1.807) is 5.38 Å². The zero-order valence-corrected chi connectivity index (χ0v) is 8.70. The zero-order chi connectivity index (χ0) is 9.10. The van der Waals surface area contributed by atoms with Crippen molar-refractivity contribution >= 4 is 34.7 Å². The molecule has 7 heteroatoms. The molecule has 0 spiro atoms. The van der Waals surface area contributed by atoms with Crippen molar-refractivity contribution in [3.8, 4) is 0 Å². The van der Waals surface area contributed by atoms with Gasteiger partial charge in [0.05, 0.1) is 5.75 Å². The van der Waals surface area contributed by atoms with Gasteiger partial charge in [0.2, 0.25) is 6.39 Å². The molecule has 0 radical (unpaired) electrons. The van der Waals surface area contributed by atoms with Crippen LogP contribution in [0.1, 0.15) is 5.82 Å². The lowest BCUT2D eigenvalue weighted by Gasteiger charge is -1.89. The van der Waals surface area contributed by atoms with E-state index in [4.69, 9.17) is 11.6 Å². The second-order valence-electron chi connectivity index (χ2n) is 2.07. The normalized spacial score (nSPS) is 10.5. The van der Waals surface area contributed by atoms with Gasteiger partial charge in [-0.1, -0.05) is 28.5 Å². The van der Waals surface area contributed by atoms with Gasteiger partial charge in [-0.15, -0.1) is 11.3 Å². The van der Waals surface area contributed by atoms with E-state index in [9.17, 15) is 0 Å². The fourth-order valence-corrected chi connectivity index (χ4v) is 2.54. The molecule has 0 N–H and O–H groups in total. The van der Waals surface area contributed by atoms with E-state index in [-0.39, 0.29) is 0 Å². The fourth-order valence-electron chi connectivity index (χ4n) is 0.688. The van der Waals surface area contributed by atoms with Gasteiger partial charge in [-0.25, -0.2) is 4.98 Å². The SMILES string of the molecule is Clc1csc(SCc2ncon2)n1. The van der Waals surface area contributed by atoms with Gasteiger partial charge in [-0.3, -0.25) is 0 Å². The van der Waals surface area contributed by atoms with E-state index in [1.807, 2.05) is 0 Å². The number of aromatic nitrogens is 3. The summed E-state index contributed by atoms with van der Waals surface area (Å²) < 4.78 is 5.50. The summed E-state index contributed by atoms with van der Waals surface area (Å²) in [6, 6.07) is 0. The third kappa shape index (κ3) is 2.43. The van der Waals surface area contributed by atoms with Crippen LogP contribution in [0.4, 0.5) is 0 Å². The van der Waals surface area contributed by atoms with Crippen molar-refractivity contribution in [2.75, 3.05) is 0 Å². The molecular weight excluding hydrogens is 230 g/mol. The van der Waals surface area contributed by atoms with Crippen molar-refractivity contribution in [1.82, 2.24) is 15.1 Å². The van der Waals surface area contributed by atoms with Crippen LogP contribution in [0.2, 0.25) is 5.15 Å². The van der Waals surface area contributed by atoms with Gasteiger partial charge in [0, 0.05) is 5.38 Å². The van der Waals surface area contributed by atoms with Crippen LogP contribution in [-0.2, 0) is 5.75 Å². The molecule has 0 aliphatic heterocycles. The molecule has 0 unspecified atom stereocenters. The Labute approximate surface area is 87.3 Å². The van der Waals surface area contributed by atoms with E-state index < -0.39 is 0 Å². The van der Waals surface area contributed by atoms with Crippen molar-refractivity contribution in [3.63, 3.8) is 0 Å². The lowest BCUT2D eigenvalue weighted by atomic mass is 10.7. The molecule has 0 aromatic carbocycles. The molecule has 2 aromatic heterocycles. The van der Waals surface area contributed by atoms with Crippen molar-refractivity contribution in [2.45, 2.75) is 10.1 Å². The second kappa shape index (κ2) is 4.08. The maximum atomic E-state index is 5.66. The van der Waals surface area contributed by atoms with Crippen LogP contribution >= 0.6 is 34.7 Å². The summed E-state index contributed by atoms with van der Waals surface area (Å²) in [5, 5.41) is 6.00. The molecule has 0 aliphatic rings. The molecule has 0 fully saturated rings. The largest absolute Gasteiger partial charge is 0.343 e. The van der Waals surface area contributed by atoms with Gasteiger partial charge < -0.3 is 4.52 Å². The highest BCUT2D eigenvalue weighted by molar-refractivity contribution is 8.00. The van der Waals surface area contributed by atoms with Crippen LogP contribution in [0.5, 0.6) is 0 Å². The summed E-state index contributed by atoms with van der Waals surface area (Å²) in [6.45, 7) is 0. The first-order valence-corrected chi connectivity index (χ1v) is 5.58. The van der Waals surface area contributed by atoms with Gasteiger partial charge in [-0.2, -0.15) is 4.98 Å². The summed E-state index contributed by atoms with van der Waals surface area (Å²) in [5.74, 6) is 1.32. The monoisotopic (exact) mass is 233 g/mol. The molecule has 0 saturated heterocycles. The number of rotatable bonds is 3. The van der Waals surface area contributed by atoms with Crippen LogP contribution in [-0.4, -0.2) is 15.1 Å². The number of halogens is 1. The third-order valence-corrected chi connectivity index (χ3v) is 3.53. The topological polar surface area (TPSA) is 51.8 Å². The number of thiazole rings is 1. The molecule has 0 atom stereocenters. The minimum Gasteiger partial charge on any atom is -0.343 e. The highest BCUT2D eigenvalue weighted by Crippen LogP contribution is 2.26. The quantitative estimate of drug-likeness (QED) is 0.763. The first kappa shape index (κ1) is 8.98. The van der Waals surface area contributed by atoms with Crippen molar-refractivity contribution < 1.29 is 4.52 Å². The molecule has 0 aliphatic carbocycles. The average molecular weight is 234 g/mol. The van der Waals surface area contributed by atoms with Crippen molar-refractivity contribution in [1.29, 1.82) is 0 Å². The van der Waals surface area contributed by atoms with Crippen molar-refractivity contribution in [3.05, 3.63) is 22.8 Å². The lowest BCUT2D eigenvalue weighted by molar-refractivity contribution is 0.412. The Balaban J connectivity index is 1.93.